The van der Waals surface area contributed by atoms with Crippen molar-refractivity contribution >= 4 is 41.1 Å². The van der Waals surface area contributed by atoms with Gasteiger partial charge in [-0.2, -0.15) is 0 Å². The minimum atomic E-state index is -1.37. The maximum absolute atomic E-state index is 12.5. The molecule has 0 saturated heterocycles. The predicted molar refractivity (Wildman–Crippen MR) is 93.9 cm³/mol. The maximum atomic E-state index is 12.5. The molecule has 1 aromatic carbocycles. The van der Waals surface area contributed by atoms with E-state index in [9.17, 15) is 19.7 Å². The number of anilines is 1. The molecule has 2 heterocycles. The number of aromatic carboxylic acids is 1. The van der Waals surface area contributed by atoms with Gasteiger partial charge in [0.15, 0.2) is 16.6 Å². The highest BCUT2D eigenvalue weighted by molar-refractivity contribution is 7.13. The third-order valence-corrected chi connectivity index (χ3v) is 4.70. The highest BCUT2D eigenvalue weighted by Gasteiger charge is 2.38. The van der Waals surface area contributed by atoms with Crippen LogP contribution in [0.25, 0.3) is 0 Å². The van der Waals surface area contributed by atoms with Crippen LogP contribution in [0.1, 0.15) is 28.0 Å². The molecule has 0 aliphatic carbocycles. The van der Waals surface area contributed by atoms with Crippen LogP contribution in [0, 0.1) is 0 Å². The normalized spacial score (nSPS) is 16.7. The fourth-order valence-electron chi connectivity index (χ4n) is 2.81. The molecule has 1 aliphatic heterocycles. The second kappa shape index (κ2) is 7.14. The van der Waals surface area contributed by atoms with E-state index in [2.05, 4.69) is 10.1 Å². The zero-order valence-electron chi connectivity index (χ0n) is 13.3. The van der Waals surface area contributed by atoms with Crippen LogP contribution in [0.2, 0.25) is 5.82 Å². The molecule has 0 bridgehead atoms. The Bertz CT molecular complexity index is 899. The number of carboxylic acid groups (broad SMARTS) is 1. The number of thiazole rings is 1. The highest BCUT2D eigenvalue weighted by Crippen LogP contribution is 2.36. The third kappa shape index (κ3) is 3.39. The van der Waals surface area contributed by atoms with Crippen molar-refractivity contribution in [2.75, 3.05) is 5.73 Å². The smallest absolute Gasteiger partial charge is 0.526 e. The quantitative estimate of drug-likeness (QED) is 0.262. The molecule has 5 N–H and O–H groups in total. The van der Waals surface area contributed by atoms with E-state index in [4.69, 9.17) is 15.6 Å². The van der Waals surface area contributed by atoms with E-state index in [1.165, 1.54) is 11.4 Å². The predicted octanol–water partition coefficient (Wildman–Crippen LogP) is 1.05. The van der Waals surface area contributed by atoms with E-state index in [-0.39, 0.29) is 40.7 Å². The van der Waals surface area contributed by atoms with Crippen LogP contribution >= 0.6 is 11.3 Å². The number of carboxylic acids is 1. The Labute approximate surface area is 151 Å². The molecular weight excluding hydrogens is 361 g/mol. The lowest BCUT2D eigenvalue weighted by atomic mass is 9.64. The first-order valence-corrected chi connectivity index (χ1v) is 8.45. The number of rotatable bonds is 5. The summed E-state index contributed by atoms with van der Waals surface area (Å²) in [6.07, 6.45) is 0.0655. The molecule has 1 atom stereocenters. The molecule has 0 fully saturated rings. The number of hydrogen-bond acceptors (Lipinski definition) is 9. The molecule has 0 saturated carbocycles. The summed E-state index contributed by atoms with van der Waals surface area (Å²) < 4.78 is 5.35. The molecular formula is C15H14BN3O6S. The first-order valence-electron chi connectivity index (χ1n) is 7.57. The Morgan fingerprint density at radius 1 is 1.46 bits per heavy atom. The van der Waals surface area contributed by atoms with Gasteiger partial charge in [-0.25, -0.2) is 9.78 Å². The average molecular weight is 375 g/mol. The molecule has 0 unspecified atom stereocenters. The van der Waals surface area contributed by atoms with Crippen molar-refractivity contribution in [3.63, 3.8) is 0 Å². The van der Waals surface area contributed by atoms with E-state index in [1.807, 2.05) is 0 Å². The minimum absolute atomic E-state index is 0.0538. The molecule has 1 aliphatic rings. The SMILES string of the molecule is Nc1nc(/C(=N/O)C(=O)C[C@@H]2Cc3cccc(C(=O)O)c3OB2O)cs1. The van der Waals surface area contributed by atoms with Crippen LogP contribution in [0.5, 0.6) is 5.75 Å². The molecule has 134 valence electrons. The molecule has 9 nitrogen and oxygen atoms in total. The van der Waals surface area contributed by atoms with Crippen molar-refractivity contribution in [2.45, 2.75) is 18.7 Å². The van der Waals surface area contributed by atoms with Gasteiger partial charge in [0.05, 0.1) is 5.56 Å². The van der Waals surface area contributed by atoms with Gasteiger partial charge < -0.3 is 25.7 Å². The second-order valence-corrected chi connectivity index (χ2v) is 6.61. The molecule has 2 aromatic rings. The van der Waals surface area contributed by atoms with Crippen molar-refractivity contribution < 1.29 is 29.6 Å². The van der Waals surface area contributed by atoms with Gasteiger partial charge in [-0.05, 0) is 18.1 Å². The summed E-state index contributed by atoms with van der Waals surface area (Å²) in [4.78, 5) is 27.6. The van der Waals surface area contributed by atoms with Crippen LogP contribution in [0.15, 0.2) is 28.7 Å². The van der Waals surface area contributed by atoms with Gasteiger partial charge in [0.25, 0.3) is 0 Å². The number of ketones is 1. The highest BCUT2D eigenvalue weighted by atomic mass is 32.1. The zero-order chi connectivity index (χ0) is 18.8. The number of aromatic nitrogens is 1. The number of oxime groups is 1. The van der Waals surface area contributed by atoms with Gasteiger partial charge in [0.1, 0.15) is 11.4 Å². The number of nitrogens with zero attached hydrogens (tertiary/aromatic N) is 2. The fraction of sp³-hybridized carbons (Fsp3) is 0.200. The number of carbonyl (C=O) groups excluding carboxylic acids is 1. The fourth-order valence-corrected chi connectivity index (χ4v) is 3.36. The monoisotopic (exact) mass is 375 g/mol. The first kappa shape index (κ1) is 17.9. The lowest BCUT2D eigenvalue weighted by Gasteiger charge is -2.27. The number of carbonyl (C=O) groups is 2. The van der Waals surface area contributed by atoms with E-state index in [0.29, 0.717) is 5.56 Å². The Balaban J connectivity index is 1.80. The van der Waals surface area contributed by atoms with Crippen LogP contribution in [-0.4, -0.2) is 44.9 Å². The van der Waals surface area contributed by atoms with Gasteiger partial charge in [-0.15, -0.1) is 11.3 Å². The standard InChI is InChI=1S/C15H14BN3O6S/c17-15-18-10(6-26-15)12(19-24)11(20)5-8-4-7-2-1-3-9(14(21)22)13(7)25-16(8)23/h1-3,6,8,23-24H,4-5H2,(H2,17,18)(H,21,22)/b19-12-/t8-/m0/s1. The van der Waals surface area contributed by atoms with E-state index in [0.717, 1.165) is 11.3 Å². The summed E-state index contributed by atoms with van der Waals surface area (Å²) in [5, 5.41) is 33.3. The van der Waals surface area contributed by atoms with Crippen LogP contribution < -0.4 is 10.4 Å². The van der Waals surface area contributed by atoms with Crippen molar-refractivity contribution in [3.05, 3.63) is 40.4 Å². The van der Waals surface area contributed by atoms with Crippen molar-refractivity contribution in [1.29, 1.82) is 0 Å². The number of hydrogen-bond donors (Lipinski definition) is 4. The molecule has 1 aromatic heterocycles. The minimum Gasteiger partial charge on any atom is -0.535 e. The number of Topliss-reactive ketones (excluding diaryl/α,β-unsaturated/α-hetero) is 1. The summed E-state index contributed by atoms with van der Waals surface area (Å²) in [5.41, 5.74) is 5.94. The lowest BCUT2D eigenvalue weighted by Crippen LogP contribution is -2.36. The molecule has 0 spiro atoms. The molecule has 26 heavy (non-hydrogen) atoms. The van der Waals surface area contributed by atoms with Crippen molar-refractivity contribution in [1.82, 2.24) is 4.98 Å². The van der Waals surface area contributed by atoms with Gasteiger partial charge in [-0.1, -0.05) is 17.3 Å². The van der Waals surface area contributed by atoms with Crippen molar-refractivity contribution in [2.24, 2.45) is 5.16 Å². The van der Waals surface area contributed by atoms with E-state index < -0.39 is 24.7 Å². The summed E-state index contributed by atoms with van der Waals surface area (Å²) >= 11 is 1.10. The number of nitrogens with two attached hydrogens (primary N) is 1. The summed E-state index contributed by atoms with van der Waals surface area (Å²) in [5.74, 6) is -2.24. The third-order valence-electron chi connectivity index (χ3n) is 4.03. The zero-order valence-corrected chi connectivity index (χ0v) is 14.1. The Kier molecular flexibility index (Phi) is 4.91. The summed E-state index contributed by atoms with van der Waals surface area (Å²) in [7, 11) is -1.37. The number of nitrogen functional groups attached to an aromatic ring is 1. The molecule has 3 rings (SSSR count). The number of benzene rings is 1. The topological polar surface area (TPSA) is 155 Å². The molecule has 0 radical (unpaired) electrons. The molecule has 0 amide bonds. The van der Waals surface area contributed by atoms with E-state index >= 15 is 0 Å². The largest absolute Gasteiger partial charge is 0.535 e. The number of para-hydroxylation sites is 1. The molecule has 11 heteroatoms. The average Bonchev–Trinajstić information content (AvgIpc) is 3.01. The Hall–Kier alpha value is -2.92. The first-order chi connectivity index (χ1) is 12.4. The Morgan fingerprint density at radius 3 is 2.85 bits per heavy atom. The summed E-state index contributed by atoms with van der Waals surface area (Å²) in [6.45, 7) is 0. The van der Waals surface area contributed by atoms with Crippen LogP contribution in [0.4, 0.5) is 5.13 Å². The Morgan fingerprint density at radius 2 is 2.23 bits per heavy atom. The van der Waals surface area contributed by atoms with Gasteiger partial charge in [0.2, 0.25) is 0 Å². The second-order valence-electron chi connectivity index (χ2n) is 5.72. The van der Waals surface area contributed by atoms with Gasteiger partial charge in [-0.3, -0.25) is 4.79 Å². The lowest BCUT2D eigenvalue weighted by molar-refractivity contribution is -0.113. The van der Waals surface area contributed by atoms with Gasteiger partial charge >= 0.3 is 13.1 Å². The number of fused-ring (bicyclic) bond motifs is 1. The van der Waals surface area contributed by atoms with E-state index in [1.54, 1.807) is 12.1 Å². The maximum Gasteiger partial charge on any atom is 0.526 e. The van der Waals surface area contributed by atoms with Crippen LogP contribution in [-0.2, 0) is 11.2 Å². The van der Waals surface area contributed by atoms with Gasteiger partial charge in [0, 0.05) is 17.6 Å². The van der Waals surface area contributed by atoms with Crippen molar-refractivity contribution in [3.8, 4) is 5.75 Å². The van der Waals surface area contributed by atoms with Crippen LogP contribution in [0.3, 0.4) is 0 Å². The summed E-state index contributed by atoms with van der Waals surface area (Å²) in [6, 6.07) is 4.62.